The van der Waals surface area contributed by atoms with E-state index in [2.05, 4.69) is 4.98 Å². The van der Waals surface area contributed by atoms with Crippen LogP contribution in [0.1, 0.15) is 5.56 Å². The van der Waals surface area contributed by atoms with Gasteiger partial charge < -0.3 is 4.98 Å². The lowest BCUT2D eigenvalue weighted by atomic mass is 10.1. The average molecular weight is 165 g/mol. The van der Waals surface area contributed by atoms with Gasteiger partial charge in [0.05, 0.1) is 0 Å². The molecule has 1 aliphatic carbocycles. The van der Waals surface area contributed by atoms with Crippen LogP contribution < -0.4 is 4.98 Å². The highest BCUT2D eigenvalue weighted by molar-refractivity contribution is 6.29. The summed E-state index contributed by atoms with van der Waals surface area (Å²) in [7, 11) is 0. The highest BCUT2D eigenvalue weighted by Gasteiger charge is 1.97. The Morgan fingerprint density at radius 2 is 2.18 bits per heavy atom. The molecular weight excluding hydrogens is 158 g/mol. The number of halogens is 1. The minimum Gasteiger partial charge on any atom is -0.648 e. The van der Waals surface area contributed by atoms with E-state index in [9.17, 15) is 0 Å². The second-order valence-corrected chi connectivity index (χ2v) is 2.97. The van der Waals surface area contributed by atoms with E-state index in [0.29, 0.717) is 5.15 Å². The van der Waals surface area contributed by atoms with Crippen LogP contribution in [0.25, 0.3) is 11.3 Å². The van der Waals surface area contributed by atoms with E-state index in [1.54, 1.807) is 0 Å². The first-order valence-corrected chi connectivity index (χ1v) is 3.84. The van der Waals surface area contributed by atoms with E-state index in [4.69, 9.17) is 11.6 Å². The smallest absolute Gasteiger partial charge is 0.0375 e. The van der Waals surface area contributed by atoms with Crippen molar-refractivity contribution in [1.29, 1.82) is 0 Å². The van der Waals surface area contributed by atoms with Gasteiger partial charge in [-0.05, 0) is 18.1 Å². The molecule has 0 spiro atoms. The molecule has 0 fully saturated rings. The van der Waals surface area contributed by atoms with E-state index in [-0.39, 0.29) is 0 Å². The number of hydrogen-bond acceptors (Lipinski definition) is 0. The van der Waals surface area contributed by atoms with Crippen molar-refractivity contribution in [2.24, 2.45) is 0 Å². The van der Waals surface area contributed by atoms with Gasteiger partial charge in [-0.2, -0.15) is 0 Å². The number of aromatic nitrogens is 1. The van der Waals surface area contributed by atoms with Gasteiger partial charge in [0.25, 0.3) is 0 Å². The maximum atomic E-state index is 5.77. The van der Waals surface area contributed by atoms with Gasteiger partial charge in [-0.25, -0.2) is 0 Å². The standard InChI is InChI=1S/C9H7ClN/c1-6-5-9(10)11-8-4-2-3-7(6)8/h2-5H,1H3/q-1. The van der Waals surface area contributed by atoms with Gasteiger partial charge in [0.2, 0.25) is 0 Å². The quantitative estimate of drug-likeness (QED) is 0.546. The molecule has 2 rings (SSSR count). The van der Waals surface area contributed by atoms with Crippen LogP contribution in [0.15, 0.2) is 24.3 Å². The molecule has 0 bridgehead atoms. The first-order chi connectivity index (χ1) is 5.27. The molecular formula is C9H7ClN-. The van der Waals surface area contributed by atoms with Crippen molar-refractivity contribution in [3.05, 3.63) is 35.0 Å². The van der Waals surface area contributed by atoms with Gasteiger partial charge in [-0.1, -0.05) is 29.4 Å². The summed E-state index contributed by atoms with van der Waals surface area (Å²) in [6.45, 7) is 2.04. The molecule has 2 heteroatoms. The fourth-order valence-corrected chi connectivity index (χ4v) is 1.50. The third-order valence-electron chi connectivity index (χ3n) is 1.78. The number of pyridine rings is 1. The van der Waals surface area contributed by atoms with Crippen molar-refractivity contribution in [2.45, 2.75) is 6.92 Å². The molecule has 0 aromatic rings. The zero-order chi connectivity index (χ0) is 7.84. The number of nitrogens with zero attached hydrogens (tertiary/aromatic N) is 1. The van der Waals surface area contributed by atoms with Crippen molar-refractivity contribution in [3.63, 3.8) is 0 Å². The molecule has 2 aliphatic rings. The van der Waals surface area contributed by atoms with Crippen LogP contribution in [0.2, 0.25) is 5.15 Å². The largest absolute Gasteiger partial charge is 0.648 e. The van der Waals surface area contributed by atoms with Gasteiger partial charge in [-0.15, -0.1) is 17.3 Å². The molecule has 0 atom stereocenters. The Morgan fingerprint density at radius 1 is 1.36 bits per heavy atom. The Bertz CT molecular complexity index is 351. The van der Waals surface area contributed by atoms with E-state index >= 15 is 0 Å². The Kier molecular flexibility index (Phi) is 1.40. The van der Waals surface area contributed by atoms with Gasteiger partial charge in [0, 0.05) is 0 Å². The summed E-state index contributed by atoms with van der Waals surface area (Å²) in [6, 6.07) is 7.88. The topological polar surface area (TPSA) is 14.1 Å². The lowest BCUT2D eigenvalue weighted by Gasteiger charge is -2.15. The predicted octanol–water partition coefficient (Wildman–Crippen LogP) is 2.71. The molecule has 0 unspecified atom stereocenters. The third-order valence-corrected chi connectivity index (χ3v) is 1.97. The number of aryl methyl sites for hydroxylation is 1. The van der Waals surface area contributed by atoms with Crippen LogP contribution >= 0.6 is 11.6 Å². The normalized spacial score (nSPS) is 10.7. The lowest BCUT2D eigenvalue weighted by Crippen LogP contribution is -1.88. The van der Waals surface area contributed by atoms with Crippen LogP contribution in [0.3, 0.4) is 0 Å². The molecule has 0 radical (unpaired) electrons. The zero-order valence-corrected chi connectivity index (χ0v) is 6.89. The molecule has 0 aromatic heterocycles. The Hall–Kier alpha value is -0.950. The molecule has 56 valence electrons. The van der Waals surface area contributed by atoms with E-state index < -0.39 is 0 Å². The van der Waals surface area contributed by atoms with Gasteiger partial charge >= 0.3 is 0 Å². The van der Waals surface area contributed by atoms with Gasteiger partial charge in [-0.3, -0.25) is 0 Å². The van der Waals surface area contributed by atoms with Gasteiger partial charge in [0.15, 0.2) is 0 Å². The van der Waals surface area contributed by atoms with E-state index in [1.165, 1.54) is 11.1 Å². The maximum Gasteiger partial charge on any atom is -0.0375 e. The Balaban J connectivity index is 2.79. The second kappa shape index (κ2) is 2.28. The van der Waals surface area contributed by atoms with Crippen molar-refractivity contribution in [3.8, 4) is 11.3 Å². The van der Waals surface area contributed by atoms with Crippen LogP contribution in [0.4, 0.5) is 0 Å². The Labute approximate surface area is 70.3 Å². The summed E-state index contributed by atoms with van der Waals surface area (Å²) < 4.78 is 0. The second-order valence-electron chi connectivity index (χ2n) is 2.59. The van der Waals surface area contributed by atoms with Crippen molar-refractivity contribution >= 4 is 11.6 Å². The maximum absolute atomic E-state index is 5.77. The molecule has 0 N–H and O–H groups in total. The van der Waals surface area contributed by atoms with Crippen molar-refractivity contribution < 1.29 is 0 Å². The summed E-state index contributed by atoms with van der Waals surface area (Å²) in [5.74, 6) is 0. The molecule has 0 saturated heterocycles. The van der Waals surface area contributed by atoms with Crippen LogP contribution in [-0.2, 0) is 0 Å². The fourth-order valence-electron chi connectivity index (χ4n) is 1.25. The highest BCUT2D eigenvalue weighted by atomic mass is 35.5. The number of fused-ring (bicyclic) bond motifs is 1. The summed E-state index contributed by atoms with van der Waals surface area (Å²) in [4.78, 5) is 4.16. The lowest BCUT2D eigenvalue weighted by molar-refractivity contribution is 1.27. The average Bonchev–Trinajstić information content (AvgIpc) is 2.34. The van der Waals surface area contributed by atoms with Crippen LogP contribution in [0.5, 0.6) is 0 Å². The van der Waals surface area contributed by atoms with Crippen molar-refractivity contribution in [2.75, 3.05) is 0 Å². The monoisotopic (exact) mass is 164 g/mol. The summed E-state index contributed by atoms with van der Waals surface area (Å²) >= 11 is 5.77. The first kappa shape index (κ1) is 6.74. The summed E-state index contributed by atoms with van der Waals surface area (Å²) in [5, 5.41) is 0.571. The van der Waals surface area contributed by atoms with Crippen LogP contribution in [0, 0.1) is 6.92 Å². The van der Waals surface area contributed by atoms with E-state index in [0.717, 1.165) is 5.69 Å². The zero-order valence-electron chi connectivity index (χ0n) is 6.13. The fraction of sp³-hybridized carbons (Fsp3) is 0.111. The SMILES string of the molecule is Cc1cc(Cl)[n-]c2cccc1-2. The van der Waals surface area contributed by atoms with E-state index in [1.807, 2.05) is 31.2 Å². The predicted molar refractivity (Wildman–Crippen MR) is 46.1 cm³/mol. The third kappa shape index (κ3) is 1.02. The van der Waals surface area contributed by atoms with Gasteiger partial charge in [0.1, 0.15) is 0 Å². The number of hydrogen-bond donors (Lipinski definition) is 0. The van der Waals surface area contributed by atoms with Crippen molar-refractivity contribution in [1.82, 2.24) is 4.98 Å². The molecule has 1 nitrogen and oxygen atoms in total. The minimum absolute atomic E-state index is 0.571. The molecule has 11 heavy (non-hydrogen) atoms. The molecule has 0 amide bonds. The Morgan fingerprint density at radius 3 is 3.00 bits per heavy atom. The molecule has 1 aliphatic heterocycles. The first-order valence-electron chi connectivity index (χ1n) is 3.46. The number of rotatable bonds is 0. The molecule has 1 heterocycles. The minimum atomic E-state index is 0.571. The summed E-state index contributed by atoms with van der Waals surface area (Å²) in [6.07, 6.45) is 0. The molecule has 0 aromatic carbocycles. The molecule has 0 saturated carbocycles. The van der Waals surface area contributed by atoms with Crippen LogP contribution in [-0.4, -0.2) is 0 Å². The highest BCUT2D eigenvalue weighted by Crippen LogP contribution is 2.25. The summed E-state index contributed by atoms with van der Waals surface area (Å²) in [5.41, 5.74) is 3.36.